The summed E-state index contributed by atoms with van der Waals surface area (Å²) < 4.78 is 33.4. The molecule has 0 aliphatic heterocycles. The molecule has 0 amide bonds. The second kappa shape index (κ2) is 7.75. The van der Waals surface area contributed by atoms with Gasteiger partial charge in [-0.15, -0.1) is 11.3 Å². The molecule has 0 radical (unpaired) electrons. The van der Waals surface area contributed by atoms with Gasteiger partial charge in [-0.3, -0.25) is 4.31 Å². The Morgan fingerprint density at radius 2 is 2.15 bits per heavy atom. The topological polar surface area (TPSA) is 88.4 Å². The number of para-hydroxylation sites is 1. The van der Waals surface area contributed by atoms with Crippen molar-refractivity contribution in [3.05, 3.63) is 47.5 Å². The zero-order valence-electron chi connectivity index (χ0n) is 14.1. The summed E-state index contributed by atoms with van der Waals surface area (Å²) in [5.41, 5.74) is 7.53. The summed E-state index contributed by atoms with van der Waals surface area (Å²) in [7, 11) is -3.71. The maximum absolute atomic E-state index is 13.2. The lowest BCUT2D eigenvalue weighted by Crippen LogP contribution is -2.34. The molecule has 3 aromatic rings. The number of nitrogens with zero attached hydrogens (tertiary/aromatic N) is 1. The molecule has 0 saturated carbocycles. The Kier molecular flexibility index (Phi) is 5.61. The fraction of sp³-hybridized carbons (Fsp3) is 0.235. The fourth-order valence-electron chi connectivity index (χ4n) is 2.66. The predicted octanol–water partition coefficient (Wildman–Crippen LogP) is 3.10. The van der Waals surface area contributed by atoms with Crippen molar-refractivity contribution in [2.45, 2.75) is 11.1 Å². The van der Waals surface area contributed by atoms with E-state index in [0.29, 0.717) is 30.1 Å². The van der Waals surface area contributed by atoms with E-state index in [1.807, 2.05) is 25.1 Å². The number of H-pyrrole nitrogens is 1. The van der Waals surface area contributed by atoms with E-state index >= 15 is 0 Å². The first-order valence-electron chi connectivity index (χ1n) is 8.00. The van der Waals surface area contributed by atoms with Crippen LogP contribution in [0.1, 0.15) is 12.6 Å². The number of aromatic nitrogens is 1. The zero-order chi connectivity index (χ0) is 18.7. The predicted molar refractivity (Wildman–Crippen MR) is 110 cm³/mol. The van der Waals surface area contributed by atoms with E-state index in [4.69, 9.17) is 22.7 Å². The van der Waals surface area contributed by atoms with Crippen molar-refractivity contribution in [3.8, 4) is 0 Å². The highest BCUT2D eigenvalue weighted by Crippen LogP contribution is 2.32. The summed E-state index contributed by atoms with van der Waals surface area (Å²) in [6.07, 6.45) is 0. The van der Waals surface area contributed by atoms with Gasteiger partial charge in [0.1, 0.15) is 9.20 Å². The summed E-state index contributed by atoms with van der Waals surface area (Å²) in [6.45, 7) is 2.89. The standard InChI is InChI=1S/C17H19N3O3S3/c1-2-23-9-8-20(26(21,22)15-7-4-10-25-15)14-6-3-5-12-11-13(17(18)24)19-16(12)14/h3-7,10-11,19H,2,8-9H2,1H3,(H2,18,24). The highest BCUT2D eigenvalue weighted by atomic mass is 32.2. The summed E-state index contributed by atoms with van der Waals surface area (Å²) in [5.74, 6) is 0. The lowest BCUT2D eigenvalue weighted by molar-refractivity contribution is 0.156. The number of benzene rings is 1. The molecule has 138 valence electrons. The molecule has 0 unspecified atom stereocenters. The van der Waals surface area contributed by atoms with Gasteiger partial charge in [0.2, 0.25) is 0 Å². The second-order valence-electron chi connectivity index (χ2n) is 5.49. The largest absolute Gasteiger partial charge is 0.388 e. The summed E-state index contributed by atoms with van der Waals surface area (Å²) in [5, 5.41) is 2.58. The van der Waals surface area contributed by atoms with Crippen LogP contribution < -0.4 is 10.0 Å². The van der Waals surface area contributed by atoms with Crippen molar-refractivity contribution in [1.82, 2.24) is 4.98 Å². The zero-order valence-corrected chi connectivity index (χ0v) is 16.6. The van der Waals surface area contributed by atoms with Crippen LogP contribution in [0.5, 0.6) is 0 Å². The van der Waals surface area contributed by atoms with Crippen molar-refractivity contribution < 1.29 is 13.2 Å². The number of rotatable bonds is 8. The molecule has 3 rings (SSSR count). The number of thiocarbonyl (C=S) groups is 1. The molecule has 3 N–H and O–H groups in total. The molecule has 0 aliphatic rings. The normalized spacial score (nSPS) is 11.7. The molecule has 0 fully saturated rings. The average Bonchev–Trinajstić information content (AvgIpc) is 3.27. The van der Waals surface area contributed by atoms with Crippen LogP contribution in [-0.2, 0) is 14.8 Å². The highest BCUT2D eigenvalue weighted by Gasteiger charge is 2.27. The van der Waals surface area contributed by atoms with E-state index in [-0.39, 0.29) is 15.7 Å². The van der Waals surface area contributed by atoms with Crippen LogP contribution in [0.2, 0.25) is 0 Å². The number of fused-ring (bicyclic) bond motifs is 1. The Hall–Kier alpha value is -1.94. The minimum absolute atomic E-state index is 0.203. The summed E-state index contributed by atoms with van der Waals surface area (Å²) in [4.78, 5) is 3.37. The van der Waals surface area contributed by atoms with Gasteiger partial charge in [0.15, 0.2) is 0 Å². The quantitative estimate of drug-likeness (QED) is 0.441. The van der Waals surface area contributed by atoms with Crippen LogP contribution in [0.3, 0.4) is 0 Å². The van der Waals surface area contributed by atoms with Gasteiger partial charge in [-0.05, 0) is 30.5 Å². The number of sulfonamides is 1. The lowest BCUT2D eigenvalue weighted by atomic mass is 10.2. The Balaban J connectivity index is 2.13. The van der Waals surface area contributed by atoms with Gasteiger partial charge < -0.3 is 15.5 Å². The van der Waals surface area contributed by atoms with Gasteiger partial charge >= 0.3 is 0 Å². The average molecular weight is 410 g/mol. The van der Waals surface area contributed by atoms with E-state index in [9.17, 15) is 8.42 Å². The molecule has 6 nitrogen and oxygen atoms in total. The van der Waals surface area contributed by atoms with E-state index in [0.717, 1.165) is 5.39 Å². The van der Waals surface area contributed by atoms with Crippen LogP contribution in [0.25, 0.3) is 10.9 Å². The molecule has 9 heteroatoms. The van der Waals surface area contributed by atoms with Crippen LogP contribution in [0, 0.1) is 0 Å². The molecule has 0 atom stereocenters. The molecule has 0 bridgehead atoms. The lowest BCUT2D eigenvalue weighted by Gasteiger charge is -2.24. The number of nitrogens with one attached hydrogen (secondary N) is 1. The van der Waals surface area contributed by atoms with Gasteiger partial charge in [-0.2, -0.15) is 0 Å². The Morgan fingerprint density at radius 3 is 2.81 bits per heavy atom. The van der Waals surface area contributed by atoms with Crippen LogP contribution in [-0.4, -0.2) is 38.1 Å². The molecular formula is C17H19N3O3S3. The van der Waals surface area contributed by atoms with E-state index in [1.54, 1.807) is 23.6 Å². The van der Waals surface area contributed by atoms with Crippen LogP contribution in [0.4, 0.5) is 5.69 Å². The number of hydrogen-bond donors (Lipinski definition) is 2. The molecule has 2 aromatic heterocycles. The maximum atomic E-state index is 13.2. The molecule has 0 aliphatic carbocycles. The van der Waals surface area contributed by atoms with E-state index < -0.39 is 10.0 Å². The van der Waals surface area contributed by atoms with Gasteiger partial charge in [-0.1, -0.05) is 30.4 Å². The summed E-state index contributed by atoms with van der Waals surface area (Å²) >= 11 is 6.22. The number of anilines is 1. The van der Waals surface area contributed by atoms with E-state index in [1.165, 1.54) is 15.6 Å². The molecule has 26 heavy (non-hydrogen) atoms. The fourth-order valence-corrected chi connectivity index (χ4v) is 5.34. The SMILES string of the molecule is CCOCCN(c1cccc2cc(C(N)=S)[nH]c12)S(=O)(=O)c1cccs1. The first kappa shape index (κ1) is 18.8. The minimum Gasteiger partial charge on any atom is -0.388 e. The van der Waals surface area contributed by atoms with Crippen molar-refractivity contribution in [2.75, 3.05) is 24.1 Å². The number of ether oxygens (including phenoxy) is 1. The smallest absolute Gasteiger partial charge is 0.273 e. The second-order valence-corrected chi connectivity index (χ2v) is 8.97. The Bertz CT molecular complexity index is 1010. The monoisotopic (exact) mass is 409 g/mol. The van der Waals surface area contributed by atoms with Crippen molar-refractivity contribution in [3.63, 3.8) is 0 Å². The van der Waals surface area contributed by atoms with Crippen LogP contribution in [0.15, 0.2) is 46.0 Å². The third-order valence-electron chi connectivity index (χ3n) is 3.85. The minimum atomic E-state index is -3.71. The third-order valence-corrected chi connectivity index (χ3v) is 7.26. The van der Waals surface area contributed by atoms with Gasteiger partial charge in [0.05, 0.1) is 30.0 Å². The molecule has 2 heterocycles. The maximum Gasteiger partial charge on any atom is 0.273 e. The number of hydrogen-bond acceptors (Lipinski definition) is 5. The van der Waals surface area contributed by atoms with Gasteiger partial charge in [0, 0.05) is 12.0 Å². The first-order chi connectivity index (χ1) is 12.4. The van der Waals surface area contributed by atoms with Crippen LogP contribution >= 0.6 is 23.6 Å². The number of nitrogens with two attached hydrogens (primary N) is 1. The number of aromatic amines is 1. The number of thiophene rings is 1. The highest BCUT2D eigenvalue weighted by molar-refractivity contribution is 7.94. The van der Waals surface area contributed by atoms with Gasteiger partial charge in [0.25, 0.3) is 10.0 Å². The Morgan fingerprint density at radius 1 is 1.35 bits per heavy atom. The van der Waals surface area contributed by atoms with Crippen molar-refractivity contribution in [2.24, 2.45) is 5.73 Å². The Labute approximate surface area is 161 Å². The van der Waals surface area contributed by atoms with Crippen molar-refractivity contribution in [1.29, 1.82) is 0 Å². The molecule has 1 aromatic carbocycles. The molecular weight excluding hydrogens is 390 g/mol. The van der Waals surface area contributed by atoms with E-state index in [2.05, 4.69) is 4.98 Å². The summed E-state index contributed by atoms with van der Waals surface area (Å²) in [6, 6.07) is 10.6. The van der Waals surface area contributed by atoms with Gasteiger partial charge in [-0.25, -0.2) is 8.42 Å². The van der Waals surface area contributed by atoms with Crippen molar-refractivity contribution >= 4 is 55.2 Å². The first-order valence-corrected chi connectivity index (χ1v) is 10.7. The molecule has 0 saturated heterocycles. The third kappa shape index (κ3) is 3.61. The molecule has 0 spiro atoms.